The van der Waals surface area contributed by atoms with Crippen LogP contribution < -0.4 is 26.2 Å². The lowest BCUT2D eigenvalue weighted by atomic mass is 10.2. The maximum absolute atomic E-state index is 14.3. The highest BCUT2D eigenvalue weighted by atomic mass is 32.2. The van der Waals surface area contributed by atoms with E-state index in [0.29, 0.717) is 17.1 Å². The summed E-state index contributed by atoms with van der Waals surface area (Å²) in [5.74, 6) is -0.623. The minimum atomic E-state index is -3.88. The fourth-order valence-electron chi connectivity index (χ4n) is 2.68. The van der Waals surface area contributed by atoms with Crippen molar-refractivity contribution in [3.8, 4) is 5.75 Å². The zero-order valence-electron chi connectivity index (χ0n) is 17.0. The molecular weight excluding hydrogens is 439 g/mol. The van der Waals surface area contributed by atoms with Gasteiger partial charge in [-0.25, -0.2) is 22.9 Å². The van der Waals surface area contributed by atoms with Crippen LogP contribution in [0.25, 0.3) is 0 Å². The lowest BCUT2D eigenvalue weighted by Gasteiger charge is -2.12. The summed E-state index contributed by atoms with van der Waals surface area (Å²) in [6.45, 7) is 1.96. The third-order valence-electron chi connectivity index (χ3n) is 4.21. The third kappa shape index (κ3) is 6.12. The molecular formula is C20H21FN6O4S. The Morgan fingerprint density at radius 2 is 1.91 bits per heavy atom. The van der Waals surface area contributed by atoms with Gasteiger partial charge in [0, 0.05) is 11.4 Å². The van der Waals surface area contributed by atoms with Crippen LogP contribution >= 0.6 is 0 Å². The number of rotatable bonds is 9. The molecule has 0 unspecified atom stereocenters. The van der Waals surface area contributed by atoms with Crippen LogP contribution in [0, 0.1) is 12.7 Å². The van der Waals surface area contributed by atoms with Gasteiger partial charge >= 0.3 is 0 Å². The summed E-state index contributed by atoms with van der Waals surface area (Å²) in [6, 6.07) is 10.8. The molecule has 3 rings (SSSR count). The lowest BCUT2D eigenvalue weighted by Crippen LogP contribution is -2.14. The zero-order chi connectivity index (χ0) is 23.3. The average Bonchev–Trinajstić information content (AvgIpc) is 2.71. The number of primary amides is 1. The zero-order valence-corrected chi connectivity index (χ0v) is 17.8. The molecule has 1 aromatic heterocycles. The Morgan fingerprint density at radius 3 is 2.59 bits per heavy atom. The summed E-state index contributed by atoms with van der Waals surface area (Å²) >= 11 is 0. The number of benzene rings is 2. The SMILES string of the molecule is Cc1cc(Nc2nc(Nc3cccc(S(N)(=O)=O)c3)ncc2F)ccc1OCCC(N)=O. The summed E-state index contributed by atoms with van der Waals surface area (Å²) in [5, 5.41) is 10.8. The van der Waals surface area contributed by atoms with Gasteiger partial charge in [0.05, 0.1) is 24.1 Å². The maximum Gasteiger partial charge on any atom is 0.238 e. The Hall–Kier alpha value is -3.77. The first-order chi connectivity index (χ1) is 15.1. The lowest BCUT2D eigenvalue weighted by molar-refractivity contribution is -0.118. The maximum atomic E-state index is 14.3. The number of hydrogen-bond donors (Lipinski definition) is 4. The van der Waals surface area contributed by atoms with E-state index in [1.54, 1.807) is 31.2 Å². The predicted octanol–water partition coefficient (Wildman–Crippen LogP) is 2.31. The molecule has 1 heterocycles. The second-order valence-electron chi connectivity index (χ2n) is 6.76. The number of sulfonamides is 1. The van der Waals surface area contributed by atoms with Gasteiger partial charge in [0.15, 0.2) is 11.6 Å². The second kappa shape index (κ2) is 9.58. The van der Waals surface area contributed by atoms with E-state index in [2.05, 4.69) is 20.6 Å². The monoisotopic (exact) mass is 460 g/mol. The number of halogens is 1. The number of carbonyl (C=O) groups excluding carboxylic acids is 1. The van der Waals surface area contributed by atoms with Gasteiger partial charge in [0.2, 0.25) is 21.9 Å². The first-order valence-corrected chi connectivity index (χ1v) is 10.9. The van der Waals surface area contributed by atoms with Gasteiger partial charge < -0.3 is 21.1 Å². The topological polar surface area (TPSA) is 162 Å². The number of amides is 1. The number of nitrogens with two attached hydrogens (primary N) is 2. The molecule has 0 aliphatic heterocycles. The smallest absolute Gasteiger partial charge is 0.238 e. The molecule has 2 aromatic carbocycles. The molecule has 32 heavy (non-hydrogen) atoms. The number of hydrogen-bond acceptors (Lipinski definition) is 8. The largest absolute Gasteiger partial charge is 0.493 e. The van der Waals surface area contributed by atoms with Crippen LogP contribution in [0.1, 0.15) is 12.0 Å². The van der Waals surface area contributed by atoms with Crippen LogP contribution in [0.15, 0.2) is 53.6 Å². The van der Waals surface area contributed by atoms with Crippen molar-refractivity contribution in [1.82, 2.24) is 9.97 Å². The van der Waals surface area contributed by atoms with Crippen molar-refractivity contribution >= 4 is 39.1 Å². The fraction of sp³-hybridized carbons (Fsp3) is 0.150. The summed E-state index contributed by atoms with van der Waals surface area (Å²) in [7, 11) is -3.88. The van der Waals surface area contributed by atoms with Crippen LogP contribution in [0.5, 0.6) is 5.75 Å². The Labute approximate surface area is 183 Å². The molecule has 0 atom stereocenters. The summed E-state index contributed by atoms with van der Waals surface area (Å²) in [5.41, 5.74) is 6.76. The van der Waals surface area contributed by atoms with Crippen LogP contribution in [0.3, 0.4) is 0 Å². The molecule has 3 aromatic rings. The van der Waals surface area contributed by atoms with E-state index in [0.717, 1.165) is 11.8 Å². The van der Waals surface area contributed by atoms with Crippen LogP contribution in [0.4, 0.5) is 27.5 Å². The van der Waals surface area contributed by atoms with Crippen molar-refractivity contribution in [2.45, 2.75) is 18.2 Å². The molecule has 0 bridgehead atoms. The van der Waals surface area contributed by atoms with Crippen LogP contribution in [0.2, 0.25) is 0 Å². The van der Waals surface area contributed by atoms with Gasteiger partial charge in [-0.05, 0) is 48.9 Å². The van der Waals surface area contributed by atoms with Gasteiger partial charge in [0.1, 0.15) is 5.75 Å². The highest BCUT2D eigenvalue weighted by Crippen LogP contribution is 2.26. The Kier molecular flexibility index (Phi) is 6.85. The summed E-state index contributed by atoms with van der Waals surface area (Å²) in [4.78, 5) is 18.7. The van der Waals surface area contributed by atoms with Crippen molar-refractivity contribution in [3.63, 3.8) is 0 Å². The fourth-order valence-corrected chi connectivity index (χ4v) is 3.24. The molecule has 168 valence electrons. The average molecular weight is 460 g/mol. The van der Waals surface area contributed by atoms with Gasteiger partial charge in [-0.2, -0.15) is 4.98 Å². The number of aryl methyl sites for hydroxylation is 1. The number of nitrogens with zero attached hydrogens (tertiary/aromatic N) is 2. The molecule has 6 N–H and O–H groups in total. The van der Waals surface area contributed by atoms with E-state index in [-0.39, 0.29) is 29.7 Å². The molecule has 0 radical (unpaired) electrons. The van der Waals surface area contributed by atoms with Crippen molar-refractivity contribution in [2.24, 2.45) is 10.9 Å². The highest BCUT2D eigenvalue weighted by molar-refractivity contribution is 7.89. The van der Waals surface area contributed by atoms with Crippen molar-refractivity contribution in [3.05, 3.63) is 60.0 Å². The number of nitrogens with one attached hydrogen (secondary N) is 2. The van der Waals surface area contributed by atoms with Crippen LogP contribution in [-0.4, -0.2) is 30.9 Å². The predicted molar refractivity (Wildman–Crippen MR) is 117 cm³/mol. The number of ether oxygens (including phenoxy) is 1. The minimum Gasteiger partial charge on any atom is -0.493 e. The molecule has 0 fully saturated rings. The molecule has 0 spiro atoms. The molecule has 1 amide bonds. The van der Waals surface area contributed by atoms with Gasteiger partial charge in [-0.15, -0.1) is 0 Å². The third-order valence-corrected chi connectivity index (χ3v) is 5.12. The number of aromatic nitrogens is 2. The van der Waals surface area contributed by atoms with E-state index in [1.807, 2.05) is 0 Å². The minimum absolute atomic E-state index is 0.0450. The molecule has 0 saturated carbocycles. The van der Waals surface area contributed by atoms with E-state index >= 15 is 0 Å². The van der Waals surface area contributed by atoms with E-state index in [4.69, 9.17) is 15.6 Å². The Morgan fingerprint density at radius 1 is 1.16 bits per heavy atom. The number of primary sulfonamides is 1. The standard InChI is InChI=1S/C20H21FN6O4S/c1-12-9-14(5-6-17(12)31-8-7-18(22)28)25-19-16(21)11-24-20(27-19)26-13-3-2-4-15(10-13)32(23,29)30/h2-6,9-11H,7-8H2,1H3,(H2,22,28)(H2,23,29,30)(H2,24,25,26,27). The van der Waals surface area contributed by atoms with Crippen molar-refractivity contribution in [1.29, 1.82) is 0 Å². The van der Waals surface area contributed by atoms with E-state index in [9.17, 15) is 17.6 Å². The van der Waals surface area contributed by atoms with Gasteiger partial charge in [-0.3, -0.25) is 4.79 Å². The normalized spacial score (nSPS) is 11.1. The van der Waals surface area contributed by atoms with Crippen molar-refractivity contribution in [2.75, 3.05) is 17.2 Å². The Balaban J connectivity index is 1.75. The number of anilines is 4. The van der Waals surface area contributed by atoms with E-state index in [1.165, 1.54) is 18.2 Å². The van der Waals surface area contributed by atoms with Gasteiger partial charge in [-0.1, -0.05) is 6.07 Å². The van der Waals surface area contributed by atoms with Crippen LogP contribution in [-0.2, 0) is 14.8 Å². The summed E-state index contributed by atoms with van der Waals surface area (Å²) < 4.78 is 42.8. The molecule has 10 nitrogen and oxygen atoms in total. The molecule has 0 aliphatic carbocycles. The first-order valence-electron chi connectivity index (χ1n) is 9.33. The van der Waals surface area contributed by atoms with Gasteiger partial charge in [0.25, 0.3) is 0 Å². The summed E-state index contributed by atoms with van der Waals surface area (Å²) in [6.07, 6.45) is 1.08. The number of carbonyl (C=O) groups is 1. The quantitative estimate of drug-likeness (QED) is 0.378. The molecule has 12 heteroatoms. The Bertz CT molecular complexity index is 1250. The molecule has 0 saturated heterocycles. The van der Waals surface area contributed by atoms with E-state index < -0.39 is 21.7 Å². The highest BCUT2D eigenvalue weighted by Gasteiger charge is 2.11. The van der Waals surface area contributed by atoms with Crippen molar-refractivity contribution < 1.29 is 22.3 Å². The second-order valence-corrected chi connectivity index (χ2v) is 8.32. The first kappa shape index (κ1) is 22.9. The molecule has 0 aliphatic rings.